The molecule has 3 N–H and O–H groups in total. The molecule has 108 valence electrons. The molecule has 1 aliphatic rings. The van der Waals surface area contributed by atoms with Crippen LogP contribution in [0.3, 0.4) is 0 Å². The number of nitro groups is 1. The molecular formula is C14H19N3O3. The first kappa shape index (κ1) is 14.5. The van der Waals surface area contributed by atoms with Gasteiger partial charge in [0.15, 0.2) is 0 Å². The van der Waals surface area contributed by atoms with Crippen LogP contribution in [0.4, 0.5) is 5.69 Å². The maximum atomic E-state index is 12.0. The normalized spacial score (nSPS) is 17.3. The quantitative estimate of drug-likeness (QED) is 0.606. The number of benzene rings is 1. The molecule has 0 heterocycles. The van der Waals surface area contributed by atoms with Crippen molar-refractivity contribution in [2.75, 3.05) is 6.54 Å². The fourth-order valence-corrected chi connectivity index (χ4v) is 2.16. The highest BCUT2D eigenvalue weighted by atomic mass is 16.6. The standard InChI is InChI=1S/C14H19N3O3/c1-14(15,11-4-5-11)13(18)16-9-8-10-2-6-12(7-3-10)17(19)20/h2-3,6-7,11H,4-5,8-9,15H2,1H3,(H,16,18). The van der Waals surface area contributed by atoms with Gasteiger partial charge in [0.05, 0.1) is 10.5 Å². The molecule has 1 aliphatic carbocycles. The Labute approximate surface area is 117 Å². The van der Waals surface area contributed by atoms with Crippen molar-refractivity contribution in [2.24, 2.45) is 11.7 Å². The van der Waals surface area contributed by atoms with Crippen LogP contribution < -0.4 is 11.1 Å². The fraction of sp³-hybridized carbons (Fsp3) is 0.500. The molecule has 1 saturated carbocycles. The molecule has 0 aromatic heterocycles. The first-order chi connectivity index (χ1) is 9.41. The summed E-state index contributed by atoms with van der Waals surface area (Å²) in [5, 5.41) is 13.4. The zero-order chi connectivity index (χ0) is 14.8. The van der Waals surface area contributed by atoms with Gasteiger partial charge in [-0.15, -0.1) is 0 Å². The Balaban J connectivity index is 1.80. The summed E-state index contributed by atoms with van der Waals surface area (Å²) in [5.41, 5.74) is 6.24. The van der Waals surface area contributed by atoms with E-state index in [1.54, 1.807) is 19.1 Å². The van der Waals surface area contributed by atoms with Crippen LogP contribution in [0.2, 0.25) is 0 Å². The molecule has 0 spiro atoms. The van der Waals surface area contributed by atoms with Gasteiger partial charge in [0.2, 0.25) is 5.91 Å². The van der Waals surface area contributed by atoms with Crippen LogP contribution in [0, 0.1) is 16.0 Å². The van der Waals surface area contributed by atoms with Gasteiger partial charge in [-0.1, -0.05) is 12.1 Å². The lowest BCUT2D eigenvalue weighted by Crippen LogP contribution is -2.53. The minimum absolute atomic E-state index is 0.0704. The number of hydrogen-bond donors (Lipinski definition) is 2. The second-order valence-corrected chi connectivity index (χ2v) is 5.49. The topological polar surface area (TPSA) is 98.3 Å². The van der Waals surface area contributed by atoms with Crippen LogP contribution in [-0.2, 0) is 11.2 Å². The van der Waals surface area contributed by atoms with Crippen LogP contribution >= 0.6 is 0 Å². The summed E-state index contributed by atoms with van der Waals surface area (Å²) in [4.78, 5) is 22.1. The lowest BCUT2D eigenvalue weighted by atomic mass is 9.96. The van der Waals surface area contributed by atoms with E-state index in [4.69, 9.17) is 5.73 Å². The number of non-ortho nitro benzene ring substituents is 1. The van der Waals surface area contributed by atoms with Gasteiger partial charge in [0, 0.05) is 18.7 Å². The largest absolute Gasteiger partial charge is 0.354 e. The van der Waals surface area contributed by atoms with Gasteiger partial charge >= 0.3 is 0 Å². The molecule has 1 aromatic rings. The summed E-state index contributed by atoms with van der Waals surface area (Å²) in [6.45, 7) is 2.25. The lowest BCUT2D eigenvalue weighted by molar-refractivity contribution is -0.384. The molecule has 1 fully saturated rings. The monoisotopic (exact) mass is 277 g/mol. The Morgan fingerprint density at radius 1 is 1.45 bits per heavy atom. The molecule has 1 atom stereocenters. The average molecular weight is 277 g/mol. The van der Waals surface area contributed by atoms with E-state index in [2.05, 4.69) is 5.32 Å². The number of nitrogens with one attached hydrogen (secondary N) is 1. The van der Waals surface area contributed by atoms with E-state index in [-0.39, 0.29) is 11.6 Å². The van der Waals surface area contributed by atoms with Crippen molar-refractivity contribution in [3.05, 3.63) is 39.9 Å². The van der Waals surface area contributed by atoms with Gasteiger partial charge in [0.1, 0.15) is 0 Å². The predicted octanol–water partition coefficient (Wildman–Crippen LogP) is 1.38. The summed E-state index contributed by atoms with van der Waals surface area (Å²) in [7, 11) is 0. The average Bonchev–Trinajstić information content (AvgIpc) is 3.23. The molecule has 1 amide bonds. The summed E-state index contributed by atoms with van der Waals surface area (Å²) in [5.74, 6) is 0.170. The Morgan fingerprint density at radius 3 is 2.55 bits per heavy atom. The molecule has 1 aromatic carbocycles. The third-order valence-electron chi connectivity index (χ3n) is 3.76. The van der Waals surface area contributed by atoms with E-state index < -0.39 is 10.5 Å². The van der Waals surface area contributed by atoms with E-state index in [0.29, 0.717) is 18.9 Å². The summed E-state index contributed by atoms with van der Waals surface area (Å²) in [6, 6.07) is 6.34. The molecule has 1 unspecified atom stereocenters. The van der Waals surface area contributed by atoms with Crippen LogP contribution in [-0.4, -0.2) is 22.9 Å². The third-order valence-corrected chi connectivity index (χ3v) is 3.76. The molecular weight excluding hydrogens is 258 g/mol. The zero-order valence-corrected chi connectivity index (χ0v) is 11.5. The van der Waals surface area contributed by atoms with Crippen molar-refractivity contribution in [2.45, 2.75) is 31.7 Å². The van der Waals surface area contributed by atoms with Crippen LogP contribution in [0.5, 0.6) is 0 Å². The van der Waals surface area contributed by atoms with Crippen LogP contribution in [0.1, 0.15) is 25.3 Å². The Bertz CT molecular complexity index is 507. The van der Waals surface area contributed by atoms with Gasteiger partial charge in [-0.2, -0.15) is 0 Å². The van der Waals surface area contributed by atoms with E-state index in [1.807, 2.05) is 0 Å². The summed E-state index contributed by atoms with van der Waals surface area (Å²) >= 11 is 0. The van der Waals surface area contributed by atoms with Gasteiger partial charge < -0.3 is 11.1 Å². The first-order valence-corrected chi connectivity index (χ1v) is 6.72. The number of nitrogens with two attached hydrogens (primary N) is 1. The van der Waals surface area contributed by atoms with E-state index in [0.717, 1.165) is 18.4 Å². The van der Waals surface area contributed by atoms with Crippen molar-refractivity contribution >= 4 is 11.6 Å². The Hall–Kier alpha value is -1.95. The molecule has 0 aliphatic heterocycles. The predicted molar refractivity (Wildman–Crippen MR) is 75.1 cm³/mol. The van der Waals surface area contributed by atoms with Gasteiger partial charge in [-0.25, -0.2) is 0 Å². The highest BCUT2D eigenvalue weighted by molar-refractivity contribution is 5.86. The van der Waals surface area contributed by atoms with E-state index in [9.17, 15) is 14.9 Å². The van der Waals surface area contributed by atoms with Crippen molar-refractivity contribution in [3.8, 4) is 0 Å². The molecule has 0 radical (unpaired) electrons. The minimum Gasteiger partial charge on any atom is -0.354 e. The van der Waals surface area contributed by atoms with Crippen molar-refractivity contribution < 1.29 is 9.72 Å². The second kappa shape index (κ2) is 5.58. The minimum atomic E-state index is -0.782. The number of nitrogens with zero attached hydrogens (tertiary/aromatic N) is 1. The SMILES string of the molecule is CC(N)(C(=O)NCCc1ccc([N+](=O)[O-])cc1)C1CC1. The van der Waals surface area contributed by atoms with E-state index >= 15 is 0 Å². The third kappa shape index (κ3) is 3.33. The van der Waals surface area contributed by atoms with Gasteiger partial charge in [-0.3, -0.25) is 14.9 Å². The molecule has 0 bridgehead atoms. The first-order valence-electron chi connectivity index (χ1n) is 6.72. The second-order valence-electron chi connectivity index (χ2n) is 5.49. The molecule has 6 heteroatoms. The Morgan fingerprint density at radius 2 is 2.05 bits per heavy atom. The van der Waals surface area contributed by atoms with Crippen molar-refractivity contribution in [1.82, 2.24) is 5.32 Å². The van der Waals surface area contributed by atoms with Crippen molar-refractivity contribution in [1.29, 1.82) is 0 Å². The maximum Gasteiger partial charge on any atom is 0.269 e. The maximum absolute atomic E-state index is 12.0. The highest BCUT2D eigenvalue weighted by Crippen LogP contribution is 2.38. The van der Waals surface area contributed by atoms with Crippen molar-refractivity contribution in [3.63, 3.8) is 0 Å². The molecule has 20 heavy (non-hydrogen) atoms. The number of amides is 1. The number of rotatable bonds is 6. The highest BCUT2D eigenvalue weighted by Gasteiger charge is 2.43. The van der Waals surface area contributed by atoms with Gasteiger partial charge in [0.25, 0.3) is 5.69 Å². The summed E-state index contributed by atoms with van der Waals surface area (Å²) in [6.07, 6.45) is 2.66. The van der Waals surface area contributed by atoms with Crippen LogP contribution in [0.25, 0.3) is 0 Å². The number of carbonyl (C=O) groups is 1. The molecule has 6 nitrogen and oxygen atoms in total. The molecule has 0 saturated heterocycles. The van der Waals surface area contributed by atoms with E-state index in [1.165, 1.54) is 12.1 Å². The zero-order valence-electron chi connectivity index (χ0n) is 11.5. The number of hydrogen-bond acceptors (Lipinski definition) is 4. The number of carbonyl (C=O) groups excluding carboxylic acids is 1. The fourth-order valence-electron chi connectivity index (χ4n) is 2.16. The lowest BCUT2D eigenvalue weighted by Gasteiger charge is -2.23. The Kier molecular flexibility index (Phi) is 4.04. The summed E-state index contributed by atoms with van der Waals surface area (Å²) < 4.78 is 0. The van der Waals surface area contributed by atoms with Crippen LogP contribution in [0.15, 0.2) is 24.3 Å². The molecule has 2 rings (SSSR count). The smallest absolute Gasteiger partial charge is 0.269 e. The number of nitro benzene ring substituents is 1. The van der Waals surface area contributed by atoms with Gasteiger partial charge in [-0.05, 0) is 37.7 Å².